The number of nitrogens with zero attached hydrogens (tertiary/aromatic N) is 2. The van der Waals surface area contributed by atoms with Crippen molar-refractivity contribution in [2.45, 2.75) is 43.8 Å². The van der Waals surface area contributed by atoms with Gasteiger partial charge in [-0.1, -0.05) is 24.3 Å². The van der Waals surface area contributed by atoms with Crippen molar-refractivity contribution in [2.24, 2.45) is 0 Å². The lowest BCUT2D eigenvalue weighted by atomic mass is 10.1. The Kier molecular flexibility index (Phi) is 5.40. The molecule has 0 spiro atoms. The molecule has 0 aliphatic heterocycles. The predicted molar refractivity (Wildman–Crippen MR) is 100 cm³/mol. The van der Waals surface area contributed by atoms with E-state index in [0.29, 0.717) is 11.7 Å². The third-order valence-corrected chi connectivity index (χ3v) is 6.37. The Morgan fingerprint density at radius 3 is 2.96 bits per heavy atom. The Bertz CT molecular complexity index is 838. The number of aromatic nitrogens is 2. The lowest BCUT2D eigenvalue weighted by Crippen LogP contribution is -2.25. The van der Waals surface area contributed by atoms with Crippen LogP contribution < -0.4 is 10.9 Å². The molecule has 0 radical (unpaired) electrons. The zero-order valence-corrected chi connectivity index (χ0v) is 15.4. The number of fused-ring (bicyclic) bond motifs is 3. The minimum absolute atomic E-state index is 0.00120. The topological polar surface area (TPSA) is 64.0 Å². The number of hydrogen-bond acceptors (Lipinski definition) is 5. The molecule has 7 heteroatoms. The van der Waals surface area contributed by atoms with Crippen LogP contribution in [-0.2, 0) is 24.2 Å². The lowest BCUT2D eigenvalue weighted by molar-refractivity contribution is -0.118. The average Bonchev–Trinajstić information content (AvgIpc) is 2.77. The number of carbonyl (C=O) groups excluding carboxylic acids is 1. The second kappa shape index (κ2) is 7.53. The van der Waals surface area contributed by atoms with Crippen LogP contribution in [0.5, 0.6) is 0 Å². The van der Waals surface area contributed by atoms with Gasteiger partial charge in [-0.15, -0.1) is 17.9 Å². The van der Waals surface area contributed by atoms with E-state index in [1.807, 2.05) is 0 Å². The maximum absolute atomic E-state index is 13.1. The third-order valence-electron chi connectivity index (χ3n) is 4.21. The van der Waals surface area contributed by atoms with Crippen LogP contribution in [0.3, 0.4) is 0 Å². The summed E-state index contributed by atoms with van der Waals surface area (Å²) in [6.45, 7) is 4.15. The summed E-state index contributed by atoms with van der Waals surface area (Å²) in [5.41, 5.74) is 1.20. The molecule has 1 aliphatic rings. The van der Waals surface area contributed by atoms with Crippen molar-refractivity contribution < 1.29 is 4.79 Å². The zero-order chi connectivity index (χ0) is 17.1. The normalized spacial score (nSPS) is 14.2. The van der Waals surface area contributed by atoms with Crippen molar-refractivity contribution >= 4 is 39.2 Å². The van der Waals surface area contributed by atoms with Gasteiger partial charge < -0.3 is 5.32 Å². The van der Waals surface area contributed by atoms with E-state index in [4.69, 9.17) is 4.98 Å². The van der Waals surface area contributed by atoms with Gasteiger partial charge in [-0.2, -0.15) is 0 Å². The van der Waals surface area contributed by atoms with Gasteiger partial charge in [-0.25, -0.2) is 4.98 Å². The Hall–Kier alpha value is -1.60. The van der Waals surface area contributed by atoms with Crippen molar-refractivity contribution in [3.05, 3.63) is 33.4 Å². The molecule has 0 saturated heterocycles. The molecule has 1 amide bonds. The number of thiophene rings is 1. The monoisotopic (exact) mass is 363 g/mol. The maximum Gasteiger partial charge on any atom is 0.263 e. The van der Waals surface area contributed by atoms with E-state index in [2.05, 4.69) is 11.9 Å². The molecule has 0 fully saturated rings. The summed E-state index contributed by atoms with van der Waals surface area (Å²) in [4.78, 5) is 31.4. The highest BCUT2D eigenvalue weighted by molar-refractivity contribution is 7.99. The largest absolute Gasteiger partial charge is 0.358 e. The number of aryl methyl sites for hydroxylation is 2. The number of nitrogens with one attached hydrogen (secondary N) is 1. The first kappa shape index (κ1) is 17.2. The zero-order valence-electron chi connectivity index (χ0n) is 13.8. The number of rotatable bonds is 5. The van der Waals surface area contributed by atoms with Gasteiger partial charge >= 0.3 is 0 Å². The van der Waals surface area contributed by atoms with E-state index in [0.717, 1.165) is 29.5 Å². The van der Waals surface area contributed by atoms with Crippen molar-refractivity contribution in [3.63, 3.8) is 0 Å². The van der Waals surface area contributed by atoms with Crippen molar-refractivity contribution in [1.82, 2.24) is 14.9 Å². The molecule has 3 rings (SSSR count). The van der Waals surface area contributed by atoms with Gasteiger partial charge in [0, 0.05) is 18.5 Å². The smallest absolute Gasteiger partial charge is 0.263 e. The van der Waals surface area contributed by atoms with Gasteiger partial charge in [0.15, 0.2) is 5.16 Å². The summed E-state index contributed by atoms with van der Waals surface area (Å²) in [5, 5.41) is 3.96. The van der Waals surface area contributed by atoms with Gasteiger partial charge in [0.2, 0.25) is 5.91 Å². The number of amides is 1. The molecule has 0 atom stereocenters. The van der Waals surface area contributed by atoms with Crippen molar-refractivity contribution in [3.8, 4) is 0 Å². The molecule has 5 nitrogen and oxygen atoms in total. The van der Waals surface area contributed by atoms with E-state index >= 15 is 0 Å². The molecule has 2 heterocycles. The third kappa shape index (κ3) is 3.28. The van der Waals surface area contributed by atoms with E-state index < -0.39 is 0 Å². The van der Waals surface area contributed by atoms with Crippen molar-refractivity contribution in [1.29, 1.82) is 0 Å². The van der Waals surface area contributed by atoms with Crippen LogP contribution in [0, 0.1) is 0 Å². The molecule has 1 aliphatic carbocycles. The molecular weight excluding hydrogens is 342 g/mol. The summed E-state index contributed by atoms with van der Waals surface area (Å²) in [6, 6.07) is 0. The molecular formula is C17H21N3O2S2. The molecule has 0 unspecified atom stereocenters. The average molecular weight is 364 g/mol. The second-order valence-electron chi connectivity index (χ2n) is 5.81. The molecule has 0 aromatic carbocycles. The van der Waals surface area contributed by atoms with Crippen LogP contribution in [0.4, 0.5) is 0 Å². The van der Waals surface area contributed by atoms with Gasteiger partial charge in [-0.05, 0) is 31.2 Å². The lowest BCUT2D eigenvalue weighted by Gasteiger charge is -2.10. The summed E-state index contributed by atoms with van der Waals surface area (Å²) in [5.74, 6) is 0.165. The summed E-state index contributed by atoms with van der Waals surface area (Å²) >= 11 is 2.94. The fourth-order valence-electron chi connectivity index (χ4n) is 3.00. The minimum atomic E-state index is -0.0820. The van der Waals surface area contributed by atoms with Crippen LogP contribution in [0.2, 0.25) is 0 Å². The molecule has 0 saturated carbocycles. The first-order chi connectivity index (χ1) is 11.7. The first-order valence-electron chi connectivity index (χ1n) is 8.15. The summed E-state index contributed by atoms with van der Waals surface area (Å²) in [7, 11) is 1.60. The molecule has 128 valence electrons. The number of allylic oxidation sites excluding steroid dienone is 1. The Morgan fingerprint density at radius 1 is 1.42 bits per heavy atom. The van der Waals surface area contributed by atoms with Gasteiger partial charge in [0.1, 0.15) is 4.83 Å². The molecule has 0 bridgehead atoms. The fraction of sp³-hybridized carbons (Fsp3) is 0.471. The van der Waals surface area contributed by atoms with Gasteiger partial charge in [-0.3, -0.25) is 14.2 Å². The summed E-state index contributed by atoms with van der Waals surface area (Å²) in [6.07, 6.45) is 7.23. The highest BCUT2D eigenvalue weighted by Gasteiger charge is 2.21. The predicted octanol–water partition coefficient (Wildman–Crippen LogP) is 2.75. The van der Waals surface area contributed by atoms with Crippen LogP contribution in [0.25, 0.3) is 10.2 Å². The minimum Gasteiger partial charge on any atom is -0.358 e. The molecule has 2 aromatic rings. The SMILES string of the molecule is C=CCn1c(SCC(=O)NC)nc2sc3c(c2c1=O)CCCCC3. The quantitative estimate of drug-likeness (QED) is 0.384. The number of hydrogen-bond donors (Lipinski definition) is 1. The molecule has 24 heavy (non-hydrogen) atoms. The Balaban J connectivity index is 2.11. The van der Waals surface area contributed by atoms with Crippen LogP contribution >= 0.6 is 23.1 Å². The first-order valence-corrected chi connectivity index (χ1v) is 9.95. The van der Waals surface area contributed by atoms with Gasteiger partial charge in [0.05, 0.1) is 11.1 Å². The van der Waals surface area contributed by atoms with Crippen LogP contribution in [0.15, 0.2) is 22.6 Å². The highest BCUT2D eigenvalue weighted by Crippen LogP contribution is 2.34. The highest BCUT2D eigenvalue weighted by atomic mass is 32.2. The Labute approximate surface area is 149 Å². The van der Waals surface area contributed by atoms with E-state index in [-0.39, 0.29) is 17.2 Å². The van der Waals surface area contributed by atoms with Crippen LogP contribution in [0.1, 0.15) is 29.7 Å². The van der Waals surface area contributed by atoms with E-state index in [1.165, 1.54) is 35.0 Å². The van der Waals surface area contributed by atoms with Crippen molar-refractivity contribution in [2.75, 3.05) is 12.8 Å². The van der Waals surface area contributed by atoms with Gasteiger partial charge in [0.25, 0.3) is 5.56 Å². The molecule has 2 aromatic heterocycles. The fourth-order valence-corrected chi connectivity index (χ4v) is 5.18. The standard InChI is InChI=1S/C17H21N3O2S2/c1-3-9-20-16(22)14-11-7-5-4-6-8-12(11)24-15(14)19-17(20)23-10-13(21)18-2/h3H,1,4-10H2,2H3,(H,18,21). The van der Waals surface area contributed by atoms with Crippen LogP contribution in [-0.4, -0.2) is 28.3 Å². The number of thioether (sulfide) groups is 1. The summed E-state index contributed by atoms with van der Waals surface area (Å²) < 4.78 is 1.64. The number of carbonyl (C=O) groups is 1. The Morgan fingerprint density at radius 2 is 2.21 bits per heavy atom. The second-order valence-corrected chi connectivity index (χ2v) is 7.83. The molecule has 1 N–H and O–H groups in total. The van der Waals surface area contributed by atoms with E-state index in [1.54, 1.807) is 29.0 Å². The maximum atomic E-state index is 13.1. The van der Waals surface area contributed by atoms with E-state index in [9.17, 15) is 9.59 Å².